The number of nitrogens with zero attached hydrogens (tertiary/aromatic N) is 3. The number of amides is 1. The number of aromatic nitrogens is 3. The predicted molar refractivity (Wildman–Crippen MR) is 124 cm³/mol. The Kier molecular flexibility index (Phi) is 6.20. The normalized spacial score (nSPS) is 11.0. The summed E-state index contributed by atoms with van der Waals surface area (Å²) in [5.74, 6) is 1.03. The Morgan fingerprint density at radius 2 is 2.03 bits per heavy atom. The van der Waals surface area contributed by atoms with Crippen LogP contribution in [-0.2, 0) is 4.79 Å². The van der Waals surface area contributed by atoms with Crippen LogP contribution < -0.4 is 15.6 Å². The molecule has 0 aliphatic carbocycles. The molecule has 4 rings (SSSR count). The van der Waals surface area contributed by atoms with Crippen molar-refractivity contribution in [3.05, 3.63) is 69.2 Å². The minimum atomic E-state index is -0.309. The average Bonchev–Trinajstić information content (AvgIpc) is 3.18. The topological polar surface area (TPSA) is 99.2 Å². The van der Waals surface area contributed by atoms with Gasteiger partial charge in [-0.05, 0) is 37.6 Å². The van der Waals surface area contributed by atoms with Crippen molar-refractivity contribution in [1.29, 1.82) is 0 Å². The van der Waals surface area contributed by atoms with Gasteiger partial charge in [-0.25, -0.2) is 4.98 Å². The number of methoxy groups -OCH3 is 1. The zero-order valence-corrected chi connectivity index (χ0v) is 19.1. The summed E-state index contributed by atoms with van der Waals surface area (Å²) in [6.07, 6.45) is 0. The molecule has 0 spiro atoms. The van der Waals surface area contributed by atoms with Crippen LogP contribution in [0.15, 0.2) is 56.9 Å². The maximum absolute atomic E-state index is 13.5. The van der Waals surface area contributed by atoms with Crippen LogP contribution in [0.25, 0.3) is 16.6 Å². The Hall–Kier alpha value is -3.30. The first kappa shape index (κ1) is 21.9. The van der Waals surface area contributed by atoms with Gasteiger partial charge in [0.05, 0.1) is 29.5 Å². The number of carbonyl (C=O) groups is 1. The number of anilines is 1. The molecule has 4 aromatic rings. The lowest BCUT2D eigenvalue weighted by Gasteiger charge is -2.17. The molecule has 164 valence electrons. The highest BCUT2D eigenvalue weighted by molar-refractivity contribution is 7.99. The van der Waals surface area contributed by atoms with Gasteiger partial charge in [0.2, 0.25) is 5.91 Å². The second kappa shape index (κ2) is 9.05. The van der Waals surface area contributed by atoms with Crippen LogP contribution in [0.2, 0.25) is 5.02 Å². The van der Waals surface area contributed by atoms with Crippen molar-refractivity contribution < 1.29 is 14.1 Å². The van der Waals surface area contributed by atoms with Crippen LogP contribution in [0.5, 0.6) is 5.75 Å². The van der Waals surface area contributed by atoms with E-state index in [-0.39, 0.29) is 17.2 Å². The number of thioether (sulfide) groups is 1. The number of halogens is 1. The van der Waals surface area contributed by atoms with E-state index in [0.717, 1.165) is 17.3 Å². The summed E-state index contributed by atoms with van der Waals surface area (Å²) >= 11 is 7.38. The van der Waals surface area contributed by atoms with Crippen LogP contribution >= 0.6 is 23.4 Å². The highest BCUT2D eigenvalue weighted by Gasteiger charge is 2.19. The monoisotopic (exact) mass is 470 g/mol. The minimum Gasteiger partial charge on any atom is -0.495 e. The molecule has 2 heterocycles. The Balaban J connectivity index is 1.77. The molecule has 2 aromatic carbocycles. The molecular formula is C22H19ClN4O4S. The largest absolute Gasteiger partial charge is 0.495 e. The van der Waals surface area contributed by atoms with Crippen LogP contribution in [0.1, 0.15) is 11.3 Å². The smallest absolute Gasteiger partial charge is 0.266 e. The number of para-hydroxylation sites is 1. The molecule has 0 aliphatic rings. The molecule has 0 fully saturated rings. The molecule has 10 heteroatoms. The predicted octanol–water partition coefficient (Wildman–Crippen LogP) is 4.38. The quantitative estimate of drug-likeness (QED) is 0.329. The van der Waals surface area contributed by atoms with E-state index in [4.69, 9.17) is 20.9 Å². The van der Waals surface area contributed by atoms with Crippen LogP contribution in [0, 0.1) is 13.8 Å². The van der Waals surface area contributed by atoms with E-state index in [9.17, 15) is 9.59 Å². The van der Waals surface area contributed by atoms with Crippen molar-refractivity contribution in [3.63, 3.8) is 0 Å². The zero-order valence-electron chi connectivity index (χ0n) is 17.5. The number of aryl methyl sites for hydroxylation is 2. The molecule has 8 nitrogen and oxygen atoms in total. The van der Waals surface area contributed by atoms with E-state index in [1.54, 1.807) is 49.4 Å². The highest BCUT2D eigenvalue weighted by atomic mass is 35.5. The molecule has 0 saturated heterocycles. The first-order valence-electron chi connectivity index (χ1n) is 9.59. The molecule has 0 atom stereocenters. The van der Waals surface area contributed by atoms with Gasteiger partial charge >= 0.3 is 0 Å². The standard InChI is InChI=1S/C22H19ClN4O4S/c1-12-8-17(18(30-3)10-15(12)23)27-21(29)14-6-4-5-7-16(14)24-22(27)32-11-20(28)25-19-9-13(2)31-26-19/h4-10H,11H2,1-3H3,(H,25,26,28). The maximum atomic E-state index is 13.5. The molecule has 1 N–H and O–H groups in total. The number of nitrogens with one attached hydrogen (secondary N) is 1. The molecule has 0 aliphatic heterocycles. The van der Waals surface area contributed by atoms with Crippen molar-refractivity contribution in [2.24, 2.45) is 0 Å². The molecule has 0 bridgehead atoms. The van der Waals surface area contributed by atoms with Gasteiger partial charge in [0.25, 0.3) is 5.56 Å². The van der Waals surface area contributed by atoms with Gasteiger partial charge in [0.1, 0.15) is 11.5 Å². The maximum Gasteiger partial charge on any atom is 0.266 e. The van der Waals surface area contributed by atoms with E-state index >= 15 is 0 Å². The molecule has 0 radical (unpaired) electrons. The zero-order chi connectivity index (χ0) is 22.8. The van der Waals surface area contributed by atoms with Crippen molar-refractivity contribution in [2.45, 2.75) is 19.0 Å². The summed E-state index contributed by atoms with van der Waals surface area (Å²) in [6, 6.07) is 12.1. The fraction of sp³-hybridized carbons (Fsp3) is 0.182. The third-order valence-corrected chi connectivity index (χ3v) is 6.02. The van der Waals surface area contributed by atoms with Crippen molar-refractivity contribution in [1.82, 2.24) is 14.7 Å². The number of hydrogen-bond acceptors (Lipinski definition) is 7. The van der Waals surface area contributed by atoms with E-state index in [1.807, 2.05) is 6.92 Å². The third kappa shape index (κ3) is 4.35. The molecule has 1 amide bonds. The lowest BCUT2D eigenvalue weighted by Crippen LogP contribution is -2.23. The summed E-state index contributed by atoms with van der Waals surface area (Å²) in [6.45, 7) is 3.57. The number of benzene rings is 2. The SMILES string of the molecule is COc1cc(Cl)c(C)cc1-n1c(SCC(=O)Nc2cc(C)on2)nc2ccccc2c1=O. The Bertz CT molecular complexity index is 1380. The first-order chi connectivity index (χ1) is 15.4. The van der Waals surface area contributed by atoms with Crippen LogP contribution in [0.4, 0.5) is 5.82 Å². The van der Waals surface area contributed by atoms with Gasteiger partial charge in [0, 0.05) is 17.2 Å². The lowest BCUT2D eigenvalue weighted by atomic mass is 10.2. The second-order valence-electron chi connectivity index (χ2n) is 6.98. The summed E-state index contributed by atoms with van der Waals surface area (Å²) in [4.78, 5) is 30.5. The van der Waals surface area contributed by atoms with E-state index in [2.05, 4.69) is 15.5 Å². The van der Waals surface area contributed by atoms with Crippen molar-refractivity contribution >= 4 is 46.0 Å². The van der Waals surface area contributed by atoms with Gasteiger partial charge in [-0.3, -0.25) is 14.2 Å². The average molecular weight is 471 g/mol. The van der Waals surface area contributed by atoms with E-state index in [0.29, 0.717) is 44.1 Å². The number of carbonyl (C=O) groups excluding carboxylic acids is 1. The van der Waals surface area contributed by atoms with Gasteiger partial charge in [0.15, 0.2) is 11.0 Å². The molecule has 0 saturated carbocycles. The van der Waals surface area contributed by atoms with Gasteiger partial charge < -0.3 is 14.6 Å². The fourth-order valence-electron chi connectivity index (χ4n) is 3.14. The molecule has 0 unspecified atom stereocenters. The van der Waals surface area contributed by atoms with E-state index < -0.39 is 0 Å². The molecule has 2 aromatic heterocycles. The summed E-state index contributed by atoms with van der Waals surface area (Å²) < 4.78 is 11.9. The fourth-order valence-corrected chi connectivity index (χ4v) is 4.10. The highest BCUT2D eigenvalue weighted by Crippen LogP contribution is 2.32. The number of fused-ring (bicyclic) bond motifs is 1. The Labute approximate surface area is 192 Å². The van der Waals surface area contributed by atoms with Crippen LogP contribution in [-0.4, -0.2) is 33.5 Å². The molecule has 32 heavy (non-hydrogen) atoms. The van der Waals surface area contributed by atoms with Gasteiger partial charge in [-0.2, -0.15) is 0 Å². The minimum absolute atomic E-state index is 0.00553. The summed E-state index contributed by atoms with van der Waals surface area (Å²) in [7, 11) is 1.50. The van der Waals surface area contributed by atoms with Crippen LogP contribution in [0.3, 0.4) is 0 Å². The van der Waals surface area contributed by atoms with Gasteiger partial charge in [-0.1, -0.05) is 40.7 Å². The molecular weight excluding hydrogens is 452 g/mol. The van der Waals surface area contributed by atoms with Crippen molar-refractivity contribution in [3.8, 4) is 11.4 Å². The second-order valence-corrected chi connectivity index (χ2v) is 8.33. The van der Waals surface area contributed by atoms with Gasteiger partial charge in [-0.15, -0.1) is 0 Å². The number of ether oxygens (including phenoxy) is 1. The number of rotatable bonds is 6. The Morgan fingerprint density at radius 1 is 1.25 bits per heavy atom. The first-order valence-corrected chi connectivity index (χ1v) is 11.0. The summed E-state index contributed by atoms with van der Waals surface area (Å²) in [5, 5.41) is 7.73. The lowest BCUT2D eigenvalue weighted by molar-refractivity contribution is -0.113. The number of hydrogen-bond donors (Lipinski definition) is 1. The third-order valence-electron chi connectivity index (χ3n) is 4.67. The van der Waals surface area contributed by atoms with Crippen molar-refractivity contribution in [2.75, 3.05) is 18.2 Å². The Morgan fingerprint density at radius 3 is 2.75 bits per heavy atom. The summed E-state index contributed by atoms with van der Waals surface area (Å²) in [5.41, 5.74) is 1.53. The van der Waals surface area contributed by atoms with E-state index in [1.165, 1.54) is 11.7 Å².